The molecule has 4 rings (SSSR count). The molecule has 140 valence electrons. The van der Waals surface area contributed by atoms with E-state index in [-0.39, 0.29) is 0 Å². The Morgan fingerprint density at radius 2 is 1.36 bits per heavy atom. The zero-order valence-electron chi connectivity index (χ0n) is 15.8. The second-order valence-corrected chi connectivity index (χ2v) is 9.51. The summed E-state index contributed by atoms with van der Waals surface area (Å²) in [6.07, 6.45) is 0. The summed E-state index contributed by atoms with van der Waals surface area (Å²) in [5.41, 5.74) is 1.21. The zero-order valence-corrected chi connectivity index (χ0v) is 18.3. The van der Waals surface area contributed by atoms with Gasteiger partial charge in [-0.15, -0.1) is 12.6 Å². The van der Waals surface area contributed by atoms with Gasteiger partial charge in [0.25, 0.3) is 0 Å². The second kappa shape index (κ2) is 8.56. The monoisotopic (exact) mass is 419 g/mol. The lowest BCUT2D eigenvalue weighted by Gasteiger charge is -2.16. The van der Waals surface area contributed by atoms with E-state index < -0.39 is 0 Å². The van der Waals surface area contributed by atoms with Crippen molar-refractivity contribution in [2.75, 3.05) is 19.0 Å². The van der Waals surface area contributed by atoms with Crippen molar-refractivity contribution in [1.82, 2.24) is 0 Å². The molecule has 0 amide bonds. The molecule has 0 atom stereocenters. The number of rotatable bonds is 5. The molecule has 0 aliphatic heterocycles. The third kappa shape index (κ3) is 4.52. The molecule has 0 aromatic heterocycles. The van der Waals surface area contributed by atoms with Gasteiger partial charge in [-0.2, -0.15) is 0 Å². The van der Waals surface area contributed by atoms with Gasteiger partial charge in [0.2, 0.25) is 0 Å². The van der Waals surface area contributed by atoms with Crippen molar-refractivity contribution in [2.24, 2.45) is 0 Å². The molecule has 4 aromatic carbocycles. The third-order valence-corrected chi connectivity index (χ3v) is 6.76. The quantitative estimate of drug-likeness (QED) is 0.334. The molecule has 0 bridgehead atoms. The Kier molecular flexibility index (Phi) is 5.90. The van der Waals surface area contributed by atoms with Gasteiger partial charge >= 0.3 is 0 Å². The number of hydrogen-bond donors (Lipinski definition) is 1. The van der Waals surface area contributed by atoms with Crippen molar-refractivity contribution in [3.05, 3.63) is 84.9 Å². The summed E-state index contributed by atoms with van der Waals surface area (Å²) in [5, 5.41) is 2.57. The molecule has 28 heavy (non-hydrogen) atoms. The third-order valence-electron chi connectivity index (χ3n) is 4.43. The average Bonchev–Trinajstić information content (AvgIpc) is 2.70. The van der Waals surface area contributed by atoms with Gasteiger partial charge in [0.05, 0.1) is 0 Å². The van der Waals surface area contributed by atoms with Crippen LogP contribution in [-0.4, -0.2) is 14.1 Å². The minimum absolute atomic E-state index is 0.985. The Bertz CT molecular complexity index is 1100. The standard InChI is InChI=1S/C24H21NS3/c1-25(2)18-14-21(27-20-12-10-19(26)11-13-20)16-22(15-18)28-24-9-5-7-17-6-3-4-8-23(17)24/h3-16,26H,1-2H3. The molecule has 0 aliphatic carbocycles. The van der Waals surface area contributed by atoms with Crippen LogP contribution < -0.4 is 4.90 Å². The van der Waals surface area contributed by atoms with Gasteiger partial charge in [0.15, 0.2) is 0 Å². The molecule has 0 fully saturated rings. The van der Waals surface area contributed by atoms with E-state index in [0.717, 1.165) is 4.90 Å². The fourth-order valence-electron chi connectivity index (χ4n) is 2.99. The van der Waals surface area contributed by atoms with Gasteiger partial charge in [-0.05, 0) is 59.3 Å². The van der Waals surface area contributed by atoms with Crippen molar-refractivity contribution in [1.29, 1.82) is 0 Å². The largest absolute Gasteiger partial charge is 0.378 e. The highest BCUT2D eigenvalue weighted by Crippen LogP contribution is 2.39. The van der Waals surface area contributed by atoms with Gasteiger partial charge in [0.1, 0.15) is 0 Å². The van der Waals surface area contributed by atoms with E-state index in [1.807, 2.05) is 23.9 Å². The molecule has 0 saturated carbocycles. The number of hydrogen-bond acceptors (Lipinski definition) is 4. The first-order valence-electron chi connectivity index (χ1n) is 9.03. The van der Waals surface area contributed by atoms with E-state index in [4.69, 9.17) is 0 Å². The Balaban J connectivity index is 1.69. The van der Waals surface area contributed by atoms with Crippen molar-refractivity contribution in [3.63, 3.8) is 0 Å². The maximum absolute atomic E-state index is 4.38. The highest BCUT2D eigenvalue weighted by molar-refractivity contribution is 8.00. The van der Waals surface area contributed by atoms with E-state index in [0.29, 0.717) is 0 Å². The molecule has 0 saturated heterocycles. The van der Waals surface area contributed by atoms with Crippen LogP contribution in [0.5, 0.6) is 0 Å². The van der Waals surface area contributed by atoms with E-state index >= 15 is 0 Å². The topological polar surface area (TPSA) is 3.24 Å². The molecular weight excluding hydrogens is 398 g/mol. The van der Waals surface area contributed by atoms with Gasteiger partial charge in [-0.3, -0.25) is 0 Å². The van der Waals surface area contributed by atoms with Crippen LogP contribution in [0.3, 0.4) is 0 Å². The number of thiol groups is 1. The van der Waals surface area contributed by atoms with Crippen LogP contribution in [0.2, 0.25) is 0 Å². The maximum atomic E-state index is 4.38. The first kappa shape index (κ1) is 19.3. The van der Waals surface area contributed by atoms with Crippen LogP contribution in [0.15, 0.2) is 109 Å². The molecule has 0 heterocycles. The molecule has 4 heteroatoms. The summed E-state index contributed by atoms with van der Waals surface area (Å²) in [6, 6.07) is 30.1. The molecule has 0 aliphatic rings. The van der Waals surface area contributed by atoms with Crippen molar-refractivity contribution >= 4 is 52.6 Å². The van der Waals surface area contributed by atoms with Gasteiger partial charge in [0, 0.05) is 44.3 Å². The summed E-state index contributed by atoms with van der Waals surface area (Å²) in [7, 11) is 4.18. The minimum Gasteiger partial charge on any atom is -0.378 e. The molecule has 0 N–H and O–H groups in total. The maximum Gasteiger partial charge on any atom is 0.0383 e. The molecule has 0 unspecified atom stereocenters. The molecule has 0 radical (unpaired) electrons. The Hall–Kier alpha value is -2.01. The zero-order chi connectivity index (χ0) is 19.5. The Morgan fingerprint density at radius 1 is 0.679 bits per heavy atom. The molecule has 4 aromatic rings. The SMILES string of the molecule is CN(C)c1cc(Sc2ccc(S)cc2)cc(Sc2cccc3ccccc23)c1. The summed E-state index contributed by atoms with van der Waals surface area (Å²) >= 11 is 7.99. The van der Waals surface area contributed by atoms with Crippen LogP contribution in [0.1, 0.15) is 0 Å². The first-order valence-corrected chi connectivity index (χ1v) is 11.1. The van der Waals surface area contributed by atoms with E-state index in [9.17, 15) is 0 Å². The van der Waals surface area contributed by atoms with Crippen LogP contribution in [0.4, 0.5) is 5.69 Å². The van der Waals surface area contributed by atoms with Gasteiger partial charge < -0.3 is 4.90 Å². The highest BCUT2D eigenvalue weighted by Gasteiger charge is 2.08. The lowest BCUT2D eigenvalue weighted by atomic mass is 10.1. The average molecular weight is 420 g/mol. The van der Waals surface area contributed by atoms with Crippen LogP contribution in [0.25, 0.3) is 10.8 Å². The van der Waals surface area contributed by atoms with Gasteiger partial charge in [-0.25, -0.2) is 0 Å². The lowest BCUT2D eigenvalue weighted by molar-refractivity contribution is 1.11. The Morgan fingerprint density at radius 3 is 2.11 bits per heavy atom. The number of anilines is 1. The van der Waals surface area contributed by atoms with E-state index in [1.165, 1.54) is 36.0 Å². The second-order valence-electron chi connectivity index (χ2n) is 6.73. The van der Waals surface area contributed by atoms with Crippen molar-refractivity contribution in [2.45, 2.75) is 24.5 Å². The van der Waals surface area contributed by atoms with Crippen LogP contribution in [0, 0.1) is 0 Å². The van der Waals surface area contributed by atoms with E-state index in [1.54, 1.807) is 11.8 Å². The molecule has 1 nitrogen and oxygen atoms in total. The van der Waals surface area contributed by atoms with Gasteiger partial charge in [-0.1, -0.05) is 59.9 Å². The summed E-state index contributed by atoms with van der Waals surface area (Å²) in [5.74, 6) is 0. The smallest absolute Gasteiger partial charge is 0.0383 e. The highest BCUT2D eigenvalue weighted by atomic mass is 32.2. The normalized spacial score (nSPS) is 11.0. The predicted molar refractivity (Wildman–Crippen MR) is 127 cm³/mol. The summed E-state index contributed by atoms with van der Waals surface area (Å²) < 4.78 is 0. The summed E-state index contributed by atoms with van der Waals surface area (Å²) in [4.78, 5) is 8.13. The number of benzene rings is 4. The van der Waals surface area contributed by atoms with Crippen LogP contribution in [-0.2, 0) is 0 Å². The van der Waals surface area contributed by atoms with E-state index in [2.05, 4.69) is 104 Å². The fraction of sp³-hybridized carbons (Fsp3) is 0.0833. The predicted octanol–water partition coefficient (Wildman–Crippen LogP) is 7.50. The van der Waals surface area contributed by atoms with Crippen molar-refractivity contribution < 1.29 is 0 Å². The first-order chi connectivity index (χ1) is 13.6. The Labute approximate surface area is 180 Å². The molecular formula is C24H21NS3. The summed E-state index contributed by atoms with van der Waals surface area (Å²) in [6.45, 7) is 0. The molecule has 0 spiro atoms. The van der Waals surface area contributed by atoms with Crippen molar-refractivity contribution in [3.8, 4) is 0 Å². The number of nitrogens with zero attached hydrogens (tertiary/aromatic N) is 1. The lowest BCUT2D eigenvalue weighted by Crippen LogP contribution is -2.08. The van der Waals surface area contributed by atoms with Crippen LogP contribution >= 0.6 is 36.2 Å². The number of fused-ring (bicyclic) bond motifs is 1. The fourth-order valence-corrected chi connectivity index (χ4v) is 5.19. The minimum atomic E-state index is 0.985.